The highest BCUT2D eigenvalue weighted by Crippen LogP contribution is 2.65. The number of carbonyl (C=O) groups excluding carboxylic acids is 2. The van der Waals surface area contributed by atoms with Crippen LogP contribution >= 0.6 is 0 Å². The molecule has 0 aromatic rings. The topological polar surface area (TPSA) is 43.4 Å². The molecule has 0 spiro atoms. The van der Waals surface area contributed by atoms with Crippen molar-refractivity contribution in [3.63, 3.8) is 0 Å². The van der Waals surface area contributed by atoms with E-state index in [1.54, 1.807) is 0 Å². The lowest BCUT2D eigenvalue weighted by Gasteiger charge is -2.57. The molecule has 0 bridgehead atoms. The van der Waals surface area contributed by atoms with Crippen LogP contribution in [0.5, 0.6) is 0 Å². The predicted octanol–water partition coefficient (Wildman–Crippen LogP) is 4.84. The SMILES string of the molecule is CCC(=O)O[C@@H]1CC[C@@H]2[C@H]3CCC4=CC(=O)CC[C@]4(C)[C@@H]3CC[C@@]21C. The third-order valence-electron chi connectivity index (χ3n) is 8.44. The Labute approximate surface area is 151 Å². The van der Waals surface area contributed by atoms with Gasteiger partial charge in [-0.15, -0.1) is 0 Å². The number of hydrogen-bond donors (Lipinski definition) is 0. The van der Waals surface area contributed by atoms with Crippen molar-refractivity contribution in [1.29, 1.82) is 0 Å². The number of allylic oxidation sites excluding steroid dienone is 1. The van der Waals surface area contributed by atoms with Gasteiger partial charge in [-0.2, -0.15) is 0 Å². The highest BCUT2D eigenvalue weighted by molar-refractivity contribution is 5.91. The average molecular weight is 344 g/mol. The fourth-order valence-corrected chi connectivity index (χ4v) is 6.95. The van der Waals surface area contributed by atoms with Crippen molar-refractivity contribution in [2.24, 2.45) is 28.6 Å². The first kappa shape index (κ1) is 17.3. The minimum absolute atomic E-state index is 0.0411. The van der Waals surface area contributed by atoms with Crippen molar-refractivity contribution < 1.29 is 14.3 Å². The van der Waals surface area contributed by atoms with Gasteiger partial charge in [-0.05, 0) is 74.2 Å². The Hall–Kier alpha value is -1.12. The Kier molecular flexibility index (Phi) is 4.12. The smallest absolute Gasteiger partial charge is 0.305 e. The van der Waals surface area contributed by atoms with Crippen LogP contribution in [0.3, 0.4) is 0 Å². The first-order valence-electron chi connectivity index (χ1n) is 10.3. The molecule has 6 atom stereocenters. The van der Waals surface area contributed by atoms with Crippen LogP contribution in [0.1, 0.15) is 78.6 Å². The fourth-order valence-electron chi connectivity index (χ4n) is 6.95. The lowest BCUT2D eigenvalue weighted by atomic mass is 9.47. The number of ether oxygens (including phenoxy) is 1. The van der Waals surface area contributed by atoms with Gasteiger partial charge >= 0.3 is 5.97 Å². The van der Waals surface area contributed by atoms with Crippen molar-refractivity contribution in [3.05, 3.63) is 11.6 Å². The zero-order chi connectivity index (χ0) is 17.8. The molecule has 3 nitrogen and oxygen atoms in total. The summed E-state index contributed by atoms with van der Waals surface area (Å²) >= 11 is 0. The summed E-state index contributed by atoms with van der Waals surface area (Å²) in [6.07, 6.45) is 11.3. The van der Waals surface area contributed by atoms with E-state index in [1.165, 1.54) is 24.8 Å². The number of esters is 1. The minimum Gasteiger partial charge on any atom is -0.462 e. The Morgan fingerprint density at radius 1 is 1.12 bits per heavy atom. The molecule has 3 heteroatoms. The molecule has 0 radical (unpaired) electrons. The normalized spacial score (nSPS) is 45.9. The van der Waals surface area contributed by atoms with Gasteiger partial charge in [0.25, 0.3) is 0 Å². The summed E-state index contributed by atoms with van der Waals surface area (Å²) < 4.78 is 5.86. The van der Waals surface area contributed by atoms with Gasteiger partial charge in [0.05, 0.1) is 0 Å². The number of ketones is 1. The second-order valence-corrected chi connectivity index (χ2v) is 9.42. The molecular weight excluding hydrogens is 312 g/mol. The van der Waals surface area contributed by atoms with Gasteiger partial charge in [0.2, 0.25) is 0 Å². The van der Waals surface area contributed by atoms with Gasteiger partial charge in [0, 0.05) is 18.3 Å². The van der Waals surface area contributed by atoms with Gasteiger partial charge in [0.15, 0.2) is 5.78 Å². The molecule has 0 amide bonds. The molecule has 3 saturated carbocycles. The van der Waals surface area contributed by atoms with E-state index in [4.69, 9.17) is 4.74 Å². The summed E-state index contributed by atoms with van der Waals surface area (Å²) in [6.45, 7) is 6.69. The van der Waals surface area contributed by atoms with Crippen LogP contribution < -0.4 is 0 Å². The lowest BCUT2D eigenvalue weighted by Crippen LogP contribution is -2.51. The summed E-state index contributed by atoms with van der Waals surface area (Å²) in [7, 11) is 0. The van der Waals surface area contributed by atoms with E-state index in [2.05, 4.69) is 13.8 Å². The van der Waals surface area contributed by atoms with Crippen LogP contribution in [0, 0.1) is 28.6 Å². The standard InChI is InChI=1S/C22H32O3/c1-4-20(24)25-19-8-7-17-16-6-5-14-13-15(23)9-11-21(14,2)18(16)10-12-22(17,19)3/h13,16-19H,4-12H2,1-3H3/t16-,17-,18-,19-,21+,22+/m1/s1. The molecular formula is C22H32O3. The largest absolute Gasteiger partial charge is 0.462 e. The maximum atomic E-state index is 11.9. The van der Waals surface area contributed by atoms with E-state index in [9.17, 15) is 9.59 Å². The van der Waals surface area contributed by atoms with Crippen LogP contribution in [0.4, 0.5) is 0 Å². The van der Waals surface area contributed by atoms with Crippen molar-refractivity contribution in [1.82, 2.24) is 0 Å². The van der Waals surface area contributed by atoms with Crippen molar-refractivity contribution in [2.45, 2.75) is 84.7 Å². The van der Waals surface area contributed by atoms with E-state index < -0.39 is 0 Å². The van der Waals surface area contributed by atoms with E-state index in [0.717, 1.165) is 38.0 Å². The third kappa shape index (κ3) is 2.52. The molecule has 138 valence electrons. The molecule has 4 aliphatic carbocycles. The lowest BCUT2D eigenvalue weighted by molar-refractivity contribution is -0.159. The molecule has 4 aliphatic rings. The van der Waals surface area contributed by atoms with Crippen LogP contribution in [-0.2, 0) is 14.3 Å². The Morgan fingerprint density at radius 3 is 2.68 bits per heavy atom. The summed E-state index contributed by atoms with van der Waals surface area (Å²) in [5.41, 5.74) is 1.82. The molecule has 0 aromatic carbocycles. The quantitative estimate of drug-likeness (QED) is 0.673. The highest BCUT2D eigenvalue weighted by atomic mass is 16.5. The molecule has 4 rings (SSSR count). The first-order chi connectivity index (χ1) is 11.9. The highest BCUT2D eigenvalue weighted by Gasteiger charge is 2.59. The Balaban J connectivity index is 1.59. The maximum absolute atomic E-state index is 11.9. The molecule has 0 N–H and O–H groups in total. The van der Waals surface area contributed by atoms with E-state index in [-0.39, 0.29) is 22.9 Å². The first-order valence-corrected chi connectivity index (χ1v) is 10.3. The monoisotopic (exact) mass is 344 g/mol. The fraction of sp³-hybridized carbons (Fsp3) is 0.818. The Morgan fingerprint density at radius 2 is 1.92 bits per heavy atom. The van der Waals surface area contributed by atoms with E-state index in [0.29, 0.717) is 24.0 Å². The molecule has 0 heterocycles. The average Bonchev–Trinajstić information content (AvgIpc) is 2.92. The van der Waals surface area contributed by atoms with E-state index >= 15 is 0 Å². The molecule has 0 unspecified atom stereocenters. The van der Waals surface area contributed by atoms with Crippen molar-refractivity contribution in [2.75, 3.05) is 0 Å². The second kappa shape index (κ2) is 5.96. The van der Waals surface area contributed by atoms with Crippen molar-refractivity contribution in [3.8, 4) is 0 Å². The molecule has 25 heavy (non-hydrogen) atoms. The van der Waals surface area contributed by atoms with Gasteiger partial charge in [-0.3, -0.25) is 9.59 Å². The van der Waals surface area contributed by atoms with Crippen LogP contribution in [-0.4, -0.2) is 17.9 Å². The van der Waals surface area contributed by atoms with Crippen LogP contribution in [0.2, 0.25) is 0 Å². The molecule has 3 fully saturated rings. The third-order valence-corrected chi connectivity index (χ3v) is 8.44. The van der Waals surface area contributed by atoms with Gasteiger partial charge in [-0.1, -0.05) is 26.3 Å². The molecule has 0 saturated heterocycles. The minimum atomic E-state index is -0.0411. The summed E-state index contributed by atoms with van der Waals surface area (Å²) in [6, 6.07) is 0. The summed E-state index contributed by atoms with van der Waals surface area (Å²) in [5, 5.41) is 0. The van der Waals surface area contributed by atoms with Gasteiger partial charge in [-0.25, -0.2) is 0 Å². The summed E-state index contributed by atoms with van der Waals surface area (Å²) in [5.74, 6) is 2.41. The summed E-state index contributed by atoms with van der Waals surface area (Å²) in [4.78, 5) is 23.8. The zero-order valence-corrected chi connectivity index (χ0v) is 16.0. The van der Waals surface area contributed by atoms with Gasteiger partial charge < -0.3 is 4.74 Å². The number of rotatable bonds is 2. The maximum Gasteiger partial charge on any atom is 0.305 e. The van der Waals surface area contributed by atoms with Crippen LogP contribution in [0.25, 0.3) is 0 Å². The van der Waals surface area contributed by atoms with Crippen molar-refractivity contribution >= 4 is 11.8 Å². The zero-order valence-electron chi connectivity index (χ0n) is 16.0. The Bertz CT molecular complexity index is 621. The molecule has 0 aliphatic heterocycles. The number of hydrogen-bond acceptors (Lipinski definition) is 3. The molecule has 0 aromatic heterocycles. The van der Waals surface area contributed by atoms with Gasteiger partial charge in [0.1, 0.15) is 6.10 Å². The predicted molar refractivity (Wildman–Crippen MR) is 96.9 cm³/mol. The van der Waals surface area contributed by atoms with Crippen LogP contribution in [0.15, 0.2) is 11.6 Å². The second-order valence-electron chi connectivity index (χ2n) is 9.42. The van der Waals surface area contributed by atoms with E-state index in [1.807, 2.05) is 13.0 Å². The number of fused-ring (bicyclic) bond motifs is 5. The number of carbonyl (C=O) groups is 2.